The Kier molecular flexibility index (Phi) is 7.06. The third-order valence-corrected chi connectivity index (χ3v) is 2.49. The molecule has 1 aliphatic carbocycles. The van der Waals surface area contributed by atoms with Gasteiger partial charge in [-0.1, -0.05) is 64.5 Å². The van der Waals surface area contributed by atoms with Gasteiger partial charge in [0.15, 0.2) is 0 Å². The Labute approximate surface area is 94.8 Å². The van der Waals surface area contributed by atoms with E-state index in [1.54, 1.807) is 0 Å². The number of hydrogen-bond donors (Lipinski definition) is 1. The molecule has 0 saturated heterocycles. The van der Waals surface area contributed by atoms with Crippen LogP contribution in [0.25, 0.3) is 0 Å². The van der Waals surface area contributed by atoms with Gasteiger partial charge in [-0.15, -0.1) is 0 Å². The number of rotatable bonds is 3. The predicted molar refractivity (Wildman–Crippen MR) is 69.8 cm³/mol. The van der Waals surface area contributed by atoms with Crippen molar-refractivity contribution in [1.82, 2.24) is 0 Å². The maximum Gasteiger partial charge on any atom is 0.0177 e. The maximum atomic E-state index is 5.58. The summed E-state index contributed by atoms with van der Waals surface area (Å²) >= 11 is 0. The van der Waals surface area contributed by atoms with E-state index in [-0.39, 0.29) is 5.41 Å². The molecule has 0 fully saturated rings. The molecule has 1 atom stereocenters. The van der Waals surface area contributed by atoms with Crippen LogP contribution in [0.15, 0.2) is 36.0 Å². The van der Waals surface area contributed by atoms with Crippen LogP contribution in [0.1, 0.15) is 40.5 Å². The highest BCUT2D eigenvalue weighted by atomic mass is 14.5. The zero-order valence-corrected chi connectivity index (χ0v) is 10.6. The number of allylic oxidation sites excluding steroid dienone is 4. The van der Waals surface area contributed by atoms with Gasteiger partial charge in [0.05, 0.1) is 0 Å². The first kappa shape index (κ1) is 14.2. The maximum absolute atomic E-state index is 5.58. The molecule has 0 heterocycles. The van der Waals surface area contributed by atoms with Gasteiger partial charge in [-0.3, -0.25) is 0 Å². The Hall–Kier alpha value is -0.820. The zero-order chi connectivity index (χ0) is 11.7. The van der Waals surface area contributed by atoms with Crippen LogP contribution in [-0.4, -0.2) is 6.54 Å². The van der Waals surface area contributed by atoms with Gasteiger partial charge < -0.3 is 5.73 Å². The van der Waals surface area contributed by atoms with Gasteiger partial charge in [-0.2, -0.15) is 0 Å². The molecule has 1 aliphatic rings. The van der Waals surface area contributed by atoms with E-state index in [4.69, 9.17) is 5.73 Å². The van der Waals surface area contributed by atoms with Crippen LogP contribution in [0.2, 0.25) is 0 Å². The smallest absolute Gasteiger partial charge is 0.0177 e. The van der Waals surface area contributed by atoms with Crippen LogP contribution in [0.3, 0.4) is 0 Å². The Morgan fingerprint density at radius 1 is 1.27 bits per heavy atom. The lowest BCUT2D eigenvalue weighted by molar-refractivity contribution is 0.493. The van der Waals surface area contributed by atoms with E-state index < -0.39 is 0 Å². The standard InChI is InChI=1S/C12H19N.C2H6/c1-3-7-12(2)8-4-5-11(10-13)6-9-12;1-2/h4-6,8-9H,3,7,10,13H2,1-2H3;1-2H3. The van der Waals surface area contributed by atoms with Crippen LogP contribution in [0, 0.1) is 5.41 Å². The lowest BCUT2D eigenvalue weighted by Gasteiger charge is -2.20. The molecule has 0 bridgehead atoms. The van der Waals surface area contributed by atoms with Crippen molar-refractivity contribution in [2.24, 2.45) is 11.1 Å². The van der Waals surface area contributed by atoms with Crippen molar-refractivity contribution in [2.75, 3.05) is 6.54 Å². The van der Waals surface area contributed by atoms with Gasteiger partial charge in [0.25, 0.3) is 0 Å². The fourth-order valence-electron chi connectivity index (χ4n) is 1.64. The largest absolute Gasteiger partial charge is 0.326 e. The molecule has 0 saturated carbocycles. The SMILES string of the molecule is CC.CCCC1(C)C=CC=C(CN)C=C1. The van der Waals surface area contributed by atoms with Gasteiger partial charge in [-0.05, 0) is 12.0 Å². The van der Waals surface area contributed by atoms with E-state index in [0.29, 0.717) is 6.54 Å². The predicted octanol–water partition coefficient (Wildman–Crippen LogP) is 3.83. The molecule has 0 radical (unpaired) electrons. The van der Waals surface area contributed by atoms with Crippen LogP contribution in [0.4, 0.5) is 0 Å². The average Bonchev–Trinajstić information content (AvgIpc) is 2.44. The van der Waals surface area contributed by atoms with E-state index in [1.807, 2.05) is 13.8 Å². The molecule has 0 aromatic carbocycles. The van der Waals surface area contributed by atoms with Gasteiger partial charge in [0.1, 0.15) is 0 Å². The van der Waals surface area contributed by atoms with Crippen LogP contribution in [-0.2, 0) is 0 Å². The van der Waals surface area contributed by atoms with E-state index in [0.717, 1.165) is 0 Å². The topological polar surface area (TPSA) is 26.0 Å². The molecule has 0 aliphatic heterocycles. The minimum absolute atomic E-state index is 0.224. The molecule has 15 heavy (non-hydrogen) atoms. The molecule has 1 heteroatoms. The molecule has 1 rings (SSSR count). The second-order valence-electron chi connectivity index (χ2n) is 3.89. The van der Waals surface area contributed by atoms with Crippen molar-refractivity contribution in [3.63, 3.8) is 0 Å². The summed E-state index contributed by atoms with van der Waals surface area (Å²) in [6, 6.07) is 0. The van der Waals surface area contributed by atoms with Gasteiger partial charge in [-0.25, -0.2) is 0 Å². The van der Waals surface area contributed by atoms with Crippen LogP contribution >= 0.6 is 0 Å². The molecular formula is C14H25N. The summed E-state index contributed by atoms with van der Waals surface area (Å²) in [5, 5.41) is 0. The monoisotopic (exact) mass is 207 g/mol. The summed E-state index contributed by atoms with van der Waals surface area (Å²) in [6.45, 7) is 9.11. The lowest BCUT2D eigenvalue weighted by atomic mass is 9.85. The van der Waals surface area contributed by atoms with Gasteiger partial charge >= 0.3 is 0 Å². The van der Waals surface area contributed by atoms with Crippen molar-refractivity contribution in [3.05, 3.63) is 36.0 Å². The second kappa shape index (κ2) is 7.47. The van der Waals surface area contributed by atoms with Crippen LogP contribution in [0.5, 0.6) is 0 Å². The lowest BCUT2D eigenvalue weighted by Crippen LogP contribution is -2.08. The van der Waals surface area contributed by atoms with Crippen molar-refractivity contribution in [2.45, 2.75) is 40.5 Å². The van der Waals surface area contributed by atoms with E-state index in [1.165, 1.54) is 18.4 Å². The first-order valence-electron chi connectivity index (χ1n) is 5.98. The Morgan fingerprint density at radius 2 is 1.93 bits per heavy atom. The highest BCUT2D eigenvalue weighted by molar-refractivity contribution is 5.31. The average molecular weight is 207 g/mol. The molecule has 0 amide bonds. The molecule has 0 spiro atoms. The molecule has 2 N–H and O–H groups in total. The number of nitrogens with two attached hydrogens (primary N) is 1. The molecule has 1 nitrogen and oxygen atoms in total. The third kappa shape index (κ3) is 4.98. The van der Waals surface area contributed by atoms with Crippen molar-refractivity contribution < 1.29 is 0 Å². The van der Waals surface area contributed by atoms with E-state index in [9.17, 15) is 0 Å². The summed E-state index contributed by atoms with van der Waals surface area (Å²) in [7, 11) is 0. The van der Waals surface area contributed by atoms with E-state index in [2.05, 4.69) is 44.2 Å². The first-order valence-corrected chi connectivity index (χ1v) is 5.98. The zero-order valence-electron chi connectivity index (χ0n) is 10.6. The third-order valence-electron chi connectivity index (χ3n) is 2.49. The molecule has 86 valence electrons. The van der Waals surface area contributed by atoms with Gasteiger partial charge in [0, 0.05) is 12.0 Å². The summed E-state index contributed by atoms with van der Waals surface area (Å²) in [5.74, 6) is 0. The quantitative estimate of drug-likeness (QED) is 0.748. The summed E-state index contributed by atoms with van der Waals surface area (Å²) < 4.78 is 0. The van der Waals surface area contributed by atoms with Crippen molar-refractivity contribution in [3.8, 4) is 0 Å². The molecular weight excluding hydrogens is 182 g/mol. The summed E-state index contributed by atoms with van der Waals surface area (Å²) in [6.07, 6.45) is 13.3. The fraction of sp³-hybridized carbons (Fsp3) is 0.571. The first-order chi connectivity index (χ1) is 7.20. The summed E-state index contributed by atoms with van der Waals surface area (Å²) in [4.78, 5) is 0. The second-order valence-corrected chi connectivity index (χ2v) is 3.89. The van der Waals surface area contributed by atoms with Gasteiger partial charge in [0.2, 0.25) is 0 Å². The van der Waals surface area contributed by atoms with E-state index >= 15 is 0 Å². The minimum Gasteiger partial charge on any atom is -0.326 e. The minimum atomic E-state index is 0.224. The molecule has 0 aromatic heterocycles. The normalized spacial score (nSPS) is 23.9. The summed E-state index contributed by atoms with van der Waals surface area (Å²) in [5.41, 5.74) is 7.01. The molecule has 0 aromatic rings. The Balaban J connectivity index is 0.000000921. The van der Waals surface area contributed by atoms with Crippen LogP contribution < -0.4 is 5.73 Å². The highest BCUT2D eigenvalue weighted by Crippen LogP contribution is 2.28. The molecule has 1 unspecified atom stereocenters. The Bertz CT molecular complexity index is 248. The number of hydrogen-bond acceptors (Lipinski definition) is 1. The fourth-order valence-corrected chi connectivity index (χ4v) is 1.64. The van der Waals surface area contributed by atoms with Crippen molar-refractivity contribution >= 4 is 0 Å². The highest BCUT2D eigenvalue weighted by Gasteiger charge is 2.16. The van der Waals surface area contributed by atoms with Crippen molar-refractivity contribution in [1.29, 1.82) is 0 Å². The Morgan fingerprint density at radius 3 is 2.47 bits per heavy atom.